The molecule has 0 aliphatic heterocycles. The molecule has 0 atom stereocenters. The first kappa shape index (κ1) is 13.2. The topological polar surface area (TPSA) is 72.9 Å². The van der Waals surface area contributed by atoms with Crippen molar-refractivity contribution in [2.24, 2.45) is 7.05 Å². The number of nitrogens with one attached hydrogen (secondary N) is 1. The van der Waals surface area contributed by atoms with Crippen LogP contribution >= 0.6 is 11.3 Å². The summed E-state index contributed by atoms with van der Waals surface area (Å²) in [6, 6.07) is 2.04. The van der Waals surface area contributed by atoms with Crippen molar-refractivity contribution in [3.63, 3.8) is 0 Å². The second-order valence-electron chi connectivity index (χ2n) is 5.13. The van der Waals surface area contributed by atoms with Gasteiger partial charge in [-0.25, -0.2) is 0 Å². The maximum absolute atomic E-state index is 12.2. The number of carbonyl (C=O) groups excluding carboxylic acids is 1. The van der Waals surface area contributed by atoms with Crippen LogP contribution < -0.4 is 11.1 Å². The first-order valence-corrected chi connectivity index (χ1v) is 7.63. The molecule has 6 heteroatoms. The van der Waals surface area contributed by atoms with E-state index in [4.69, 9.17) is 5.73 Å². The van der Waals surface area contributed by atoms with Gasteiger partial charge in [0.2, 0.25) is 0 Å². The van der Waals surface area contributed by atoms with Gasteiger partial charge in [0.15, 0.2) is 0 Å². The monoisotopic (exact) mass is 290 g/mol. The summed E-state index contributed by atoms with van der Waals surface area (Å²) >= 11 is 1.62. The zero-order chi connectivity index (χ0) is 14.1. The van der Waals surface area contributed by atoms with Gasteiger partial charge in [0.05, 0.1) is 11.1 Å². The van der Waals surface area contributed by atoms with Crippen LogP contribution in [0.2, 0.25) is 0 Å². The fraction of sp³-hybridized carbons (Fsp3) is 0.429. The fourth-order valence-corrected chi connectivity index (χ4v) is 3.66. The van der Waals surface area contributed by atoms with E-state index in [1.165, 1.54) is 23.3 Å². The maximum atomic E-state index is 12.2. The molecule has 0 aromatic carbocycles. The van der Waals surface area contributed by atoms with Crippen molar-refractivity contribution >= 4 is 23.1 Å². The summed E-state index contributed by atoms with van der Waals surface area (Å²) in [4.78, 5) is 14.4. The molecule has 0 radical (unpaired) electrons. The molecule has 3 rings (SSSR count). The van der Waals surface area contributed by atoms with Gasteiger partial charge in [0.25, 0.3) is 5.91 Å². The summed E-state index contributed by atoms with van der Waals surface area (Å²) in [6.07, 6.45) is 6.38. The summed E-state index contributed by atoms with van der Waals surface area (Å²) in [6.45, 7) is 0.418. The maximum Gasteiger partial charge on any atom is 0.261 e. The van der Waals surface area contributed by atoms with E-state index >= 15 is 0 Å². The Morgan fingerprint density at radius 3 is 3.00 bits per heavy atom. The molecule has 2 heterocycles. The van der Waals surface area contributed by atoms with Crippen molar-refractivity contribution in [2.75, 3.05) is 5.73 Å². The lowest BCUT2D eigenvalue weighted by atomic mass is 9.99. The number of nitrogens with two attached hydrogens (primary N) is 1. The molecule has 106 valence electrons. The first-order chi connectivity index (χ1) is 9.65. The molecule has 20 heavy (non-hydrogen) atoms. The number of nitrogens with zero attached hydrogens (tertiary/aromatic N) is 2. The lowest BCUT2D eigenvalue weighted by Gasteiger charge is -2.08. The van der Waals surface area contributed by atoms with Gasteiger partial charge in [-0.1, -0.05) is 0 Å². The summed E-state index contributed by atoms with van der Waals surface area (Å²) in [5.41, 5.74) is 8.06. The van der Waals surface area contributed by atoms with Crippen LogP contribution in [0.1, 0.15) is 38.5 Å². The van der Waals surface area contributed by atoms with E-state index in [-0.39, 0.29) is 5.91 Å². The highest BCUT2D eigenvalue weighted by Crippen LogP contribution is 2.29. The van der Waals surface area contributed by atoms with Crippen LogP contribution in [-0.4, -0.2) is 15.7 Å². The average Bonchev–Trinajstić information content (AvgIpc) is 3.02. The molecule has 0 saturated carbocycles. The van der Waals surface area contributed by atoms with Crippen LogP contribution in [0.15, 0.2) is 12.3 Å². The third kappa shape index (κ3) is 2.43. The highest BCUT2D eigenvalue weighted by atomic mass is 32.1. The minimum atomic E-state index is -0.0207. The standard InChI is InChI=1S/C14H18N4OS/c1-18-13(15)10(8-17-18)7-16-14(19)12-6-9-4-2-3-5-11(9)20-12/h6,8H,2-5,7,15H2,1H3,(H,16,19). The predicted molar refractivity (Wildman–Crippen MR) is 79.8 cm³/mol. The predicted octanol–water partition coefficient (Wildman–Crippen LogP) is 1.87. The van der Waals surface area contributed by atoms with Gasteiger partial charge in [-0.05, 0) is 37.3 Å². The molecule has 1 aliphatic carbocycles. The zero-order valence-electron chi connectivity index (χ0n) is 11.5. The Bertz CT molecular complexity index is 620. The third-order valence-corrected chi connectivity index (χ3v) is 4.96. The Hall–Kier alpha value is -1.82. The molecule has 0 unspecified atom stereocenters. The minimum absolute atomic E-state index is 0.0207. The van der Waals surface area contributed by atoms with Gasteiger partial charge in [0, 0.05) is 24.0 Å². The number of hydrogen-bond donors (Lipinski definition) is 2. The van der Waals surface area contributed by atoms with Crippen LogP contribution in [0.25, 0.3) is 0 Å². The number of aromatic nitrogens is 2. The van der Waals surface area contributed by atoms with Crippen molar-refractivity contribution in [1.29, 1.82) is 0 Å². The summed E-state index contributed by atoms with van der Waals surface area (Å²) < 4.78 is 1.60. The van der Waals surface area contributed by atoms with E-state index in [1.54, 1.807) is 29.3 Å². The molecule has 2 aromatic rings. The van der Waals surface area contributed by atoms with Crippen LogP contribution in [0.5, 0.6) is 0 Å². The van der Waals surface area contributed by atoms with E-state index < -0.39 is 0 Å². The SMILES string of the molecule is Cn1ncc(CNC(=O)c2cc3c(s2)CCCC3)c1N. The number of nitrogen functional groups attached to an aromatic ring is 1. The number of anilines is 1. The molecule has 3 N–H and O–H groups in total. The van der Waals surface area contributed by atoms with Gasteiger partial charge in [-0.2, -0.15) is 5.10 Å². The van der Waals surface area contributed by atoms with Crippen molar-refractivity contribution in [1.82, 2.24) is 15.1 Å². The highest BCUT2D eigenvalue weighted by molar-refractivity contribution is 7.14. The summed E-state index contributed by atoms with van der Waals surface area (Å²) in [5.74, 6) is 0.573. The van der Waals surface area contributed by atoms with Gasteiger partial charge in [-0.3, -0.25) is 9.48 Å². The molecular weight excluding hydrogens is 272 g/mol. The Labute approximate surface area is 121 Å². The Morgan fingerprint density at radius 1 is 1.50 bits per heavy atom. The van der Waals surface area contributed by atoms with Crippen LogP contribution in [-0.2, 0) is 26.4 Å². The third-order valence-electron chi connectivity index (χ3n) is 3.72. The quantitative estimate of drug-likeness (QED) is 0.906. The molecule has 0 bridgehead atoms. The normalized spacial score (nSPS) is 14.1. The lowest BCUT2D eigenvalue weighted by molar-refractivity contribution is 0.0955. The fourth-order valence-electron chi connectivity index (χ4n) is 2.49. The molecule has 0 saturated heterocycles. The molecule has 2 aromatic heterocycles. The molecular formula is C14H18N4OS. The Balaban J connectivity index is 1.67. The van der Waals surface area contributed by atoms with Crippen LogP contribution in [0, 0.1) is 0 Å². The molecule has 1 amide bonds. The smallest absolute Gasteiger partial charge is 0.261 e. The average molecular weight is 290 g/mol. The van der Waals surface area contributed by atoms with Crippen molar-refractivity contribution < 1.29 is 4.79 Å². The van der Waals surface area contributed by atoms with Gasteiger partial charge >= 0.3 is 0 Å². The van der Waals surface area contributed by atoms with Crippen molar-refractivity contribution in [3.8, 4) is 0 Å². The van der Waals surface area contributed by atoms with Gasteiger partial charge in [0.1, 0.15) is 5.82 Å². The second-order valence-corrected chi connectivity index (χ2v) is 6.26. The summed E-state index contributed by atoms with van der Waals surface area (Å²) in [5, 5.41) is 6.98. The number of thiophene rings is 1. The van der Waals surface area contributed by atoms with E-state index in [2.05, 4.69) is 10.4 Å². The largest absolute Gasteiger partial charge is 0.384 e. The minimum Gasteiger partial charge on any atom is -0.384 e. The van der Waals surface area contributed by atoms with Gasteiger partial charge in [-0.15, -0.1) is 11.3 Å². The molecule has 0 spiro atoms. The van der Waals surface area contributed by atoms with Gasteiger partial charge < -0.3 is 11.1 Å². The highest BCUT2D eigenvalue weighted by Gasteiger charge is 2.17. The zero-order valence-corrected chi connectivity index (χ0v) is 12.3. The second kappa shape index (κ2) is 5.28. The number of aryl methyl sites for hydroxylation is 3. The first-order valence-electron chi connectivity index (χ1n) is 6.81. The van der Waals surface area contributed by atoms with E-state index in [0.29, 0.717) is 12.4 Å². The number of hydrogen-bond acceptors (Lipinski definition) is 4. The van der Waals surface area contributed by atoms with E-state index in [0.717, 1.165) is 23.3 Å². The van der Waals surface area contributed by atoms with Crippen LogP contribution in [0.3, 0.4) is 0 Å². The van der Waals surface area contributed by atoms with E-state index in [1.807, 2.05) is 6.07 Å². The number of carbonyl (C=O) groups is 1. The molecule has 5 nitrogen and oxygen atoms in total. The number of amides is 1. The Kier molecular flexibility index (Phi) is 3.48. The Morgan fingerprint density at radius 2 is 2.30 bits per heavy atom. The molecule has 1 aliphatic rings. The number of rotatable bonds is 3. The molecule has 0 fully saturated rings. The summed E-state index contributed by atoms with van der Waals surface area (Å²) in [7, 11) is 1.79. The number of fused-ring (bicyclic) bond motifs is 1. The van der Waals surface area contributed by atoms with Crippen molar-refractivity contribution in [2.45, 2.75) is 32.2 Å². The van der Waals surface area contributed by atoms with Crippen LogP contribution in [0.4, 0.5) is 5.82 Å². The lowest BCUT2D eigenvalue weighted by Crippen LogP contribution is -2.22. The van der Waals surface area contributed by atoms with E-state index in [9.17, 15) is 4.79 Å². The van der Waals surface area contributed by atoms with Crippen molar-refractivity contribution in [3.05, 3.63) is 33.1 Å².